The lowest BCUT2D eigenvalue weighted by molar-refractivity contribution is 0.0910. The number of carbonyl (C=O) groups excluding carboxylic acids is 1. The van der Waals surface area contributed by atoms with Crippen LogP contribution < -0.4 is 10.9 Å². The molecule has 4 nitrogen and oxygen atoms in total. The average molecular weight is 473 g/mol. The highest BCUT2D eigenvalue weighted by atomic mass is 79.9. The SMILES string of the molecule is CCCCn1c(C)c(C(=O)N[C@H](c2ccccc2)C2CCCCC2)c(C)c(Br)c1=O. The maximum absolute atomic E-state index is 13.6. The van der Waals surface area contributed by atoms with Gasteiger partial charge in [0.05, 0.1) is 16.1 Å². The molecule has 0 aliphatic heterocycles. The highest BCUT2D eigenvalue weighted by molar-refractivity contribution is 9.10. The Balaban J connectivity index is 1.97. The van der Waals surface area contributed by atoms with Crippen LogP contribution in [0.2, 0.25) is 0 Å². The van der Waals surface area contributed by atoms with Gasteiger partial charge in [-0.15, -0.1) is 0 Å². The van der Waals surface area contributed by atoms with Crippen LogP contribution in [0.15, 0.2) is 39.6 Å². The number of rotatable bonds is 7. The van der Waals surface area contributed by atoms with Crippen LogP contribution in [0.3, 0.4) is 0 Å². The summed E-state index contributed by atoms with van der Waals surface area (Å²) < 4.78 is 2.23. The summed E-state index contributed by atoms with van der Waals surface area (Å²) in [5, 5.41) is 3.36. The number of unbranched alkanes of at least 4 members (excludes halogenated alkanes) is 1. The van der Waals surface area contributed by atoms with Crippen molar-refractivity contribution in [1.82, 2.24) is 9.88 Å². The molecule has 0 unspecified atom stereocenters. The molecule has 5 heteroatoms. The van der Waals surface area contributed by atoms with Gasteiger partial charge in [0.25, 0.3) is 11.5 Å². The quantitative estimate of drug-likeness (QED) is 0.530. The van der Waals surface area contributed by atoms with Crippen molar-refractivity contribution in [3.8, 4) is 0 Å². The Kier molecular flexibility index (Phi) is 7.93. The van der Waals surface area contributed by atoms with Crippen molar-refractivity contribution in [2.24, 2.45) is 5.92 Å². The number of hydrogen-bond acceptors (Lipinski definition) is 2. The first kappa shape index (κ1) is 22.8. The number of halogens is 1. The van der Waals surface area contributed by atoms with Gasteiger partial charge in [-0.05, 0) is 66.1 Å². The van der Waals surface area contributed by atoms with Crippen molar-refractivity contribution in [1.29, 1.82) is 0 Å². The molecule has 0 radical (unpaired) electrons. The van der Waals surface area contributed by atoms with Crippen LogP contribution in [0.5, 0.6) is 0 Å². The monoisotopic (exact) mass is 472 g/mol. The Morgan fingerprint density at radius 3 is 2.47 bits per heavy atom. The van der Waals surface area contributed by atoms with Crippen LogP contribution >= 0.6 is 15.9 Å². The molecule has 1 amide bonds. The molecule has 1 heterocycles. The summed E-state index contributed by atoms with van der Waals surface area (Å²) in [6, 6.07) is 10.3. The number of nitrogens with one attached hydrogen (secondary N) is 1. The van der Waals surface area contributed by atoms with Gasteiger partial charge in [-0.1, -0.05) is 62.9 Å². The molecule has 30 heavy (non-hydrogen) atoms. The first-order valence-corrected chi connectivity index (χ1v) is 12.0. The molecule has 162 valence electrons. The second kappa shape index (κ2) is 10.4. The zero-order valence-corrected chi connectivity index (χ0v) is 19.9. The van der Waals surface area contributed by atoms with Crippen molar-refractivity contribution in [2.45, 2.75) is 78.3 Å². The van der Waals surface area contributed by atoms with Gasteiger partial charge < -0.3 is 9.88 Å². The average Bonchev–Trinajstić information content (AvgIpc) is 2.77. The number of nitrogens with zero attached hydrogens (tertiary/aromatic N) is 1. The van der Waals surface area contributed by atoms with E-state index in [1.807, 2.05) is 32.0 Å². The second-order valence-electron chi connectivity index (χ2n) is 8.47. The van der Waals surface area contributed by atoms with Gasteiger partial charge in [-0.2, -0.15) is 0 Å². The van der Waals surface area contributed by atoms with Crippen molar-refractivity contribution in [2.75, 3.05) is 0 Å². The Hall–Kier alpha value is -1.88. The van der Waals surface area contributed by atoms with Crippen molar-refractivity contribution >= 4 is 21.8 Å². The Labute approximate surface area is 188 Å². The van der Waals surface area contributed by atoms with Crippen molar-refractivity contribution in [3.05, 3.63) is 67.5 Å². The number of pyridine rings is 1. The predicted molar refractivity (Wildman–Crippen MR) is 126 cm³/mol. The van der Waals surface area contributed by atoms with Gasteiger partial charge >= 0.3 is 0 Å². The van der Waals surface area contributed by atoms with Gasteiger partial charge in [-0.3, -0.25) is 9.59 Å². The van der Waals surface area contributed by atoms with E-state index in [0.717, 1.165) is 42.5 Å². The van der Waals surface area contributed by atoms with Gasteiger partial charge in [0.15, 0.2) is 0 Å². The molecule has 1 saturated carbocycles. The highest BCUT2D eigenvalue weighted by Gasteiger charge is 2.29. The van der Waals surface area contributed by atoms with Crippen molar-refractivity contribution in [3.63, 3.8) is 0 Å². The molecule has 1 atom stereocenters. The topological polar surface area (TPSA) is 51.1 Å². The maximum atomic E-state index is 13.6. The minimum absolute atomic E-state index is 0.00686. The minimum Gasteiger partial charge on any atom is -0.345 e. The molecule has 1 aliphatic rings. The lowest BCUT2D eigenvalue weighted by atomic mass is 9.81. The zero-order chi connectivity index (χ0) is 21.7. The molecule has 1 fully saturated rings. The molecule has 1 aliphatic carbocycles. The van der Waals surface area contributed by atoms with Gasteiger partial charge in [0.2, 0.25) is 0 Å². The van der Waals surface area contributed by atoms with E-state index in [1.54, 1.807) is 4.57 Å². The molecule has 0 spiro atoms. The fraction of sp³-hybridized carbons (Fsp3) is 0.520. The van der Waals surface area contributed by atoms with Crippen LogP contribution in [0.25, 0.3) is 0 Å². The third kappa shape index (κ3) is 4.88. The predicted octanol–water partition coefficient (Wildman–Crippen LogP) is 6.08. The smallest absolute Gasteiger partial charge is 0.265 e. The van der Waals surface area contributed by atoms with Gasteiger partial charge in [0.1, 0.15) is 0 Å². The molecular formula is C25H33BrN2O2. The Bertz CT molecular complexity index is 930. The highest BCUT2D eigenvalue weighted by Crippen LogP contribution is 2.35. The van der Waals surface area contributed by atoms with E-state index >= 15 is 0 Å². The molecule has 3 rings (SSSR count). The summed E-state index contributed by atoms with van der Waals surface area (Å²) in [5.74, 6) is 0.357. The van der Waals surface area contributed by atoms with Crippen molar-refractivity contribution < 1.29 is 4.79 Å². The van der Waals surface area contributed by atoms with E-state index in [-0.39, 0.29) is 17.5 Å². The number of benzene rings is 1. The zero-order valence-electron chi connectivity index (χ0n) is 18.3. The van der Waals surface area contributed by atoms with E-state index in [2.05, 4.69) is 40.3 Å². The Morgan fingerprint density at radius 1 is 1.17 bits per heavy atom. The molecule has 1 aromatic carbocycles. The van der Waals surface area contributed by atoms with Gasteiger partial charge in [-0.25, -0.2) is 0 Å². The lowest BCUT2D eigenvalue weighted by Gasteiger charge is -2.32. The summed E-state index contributed by atoms with van der Waals surface area (Å²) in [5.41, 5.74) is 3.20. The van der Waals surface area contributed by atoms with E-state index in [4.69, 9.17) is 0 Å². The van der Waals surface area contributed by atoms with E-state index in [9.17, 15) is 9.59 Å². The number of amides is 1. The molecule has 1 aromatic heterocycles. The first-order chi connectivity index (χ1) is 14.5. The van der Waals surface area contributed by atoms with Gasteiger partial charge in [0, 0.05) is 12.2 Å². The first-order valence-electron chi connectivity index (χ1n) is 11.2. The summed E-state index contributed by atoms with van der Waals surface area (Å²) in [6.45, 7) is 6.48. The largest absolute Gasteiger partial charge is 0.345 e. The summed E-state index contributed by atoms with van der Waals surface area (Å²) in [6.07, 6.45) is 7.89. The van der Waals surface area contributed by atoms with Crippen LogP contribution in [0, 0.1) is 19.8 Å². The summed E-state index contributed by atoms with van der Waals surface area (Å²) in [7, 11) is 0. The molecule has 1 N–H and O–H groups in total. The summed E-state index contributed by atoms with van der Waals surface area (Å²) >= 11 is 3.45. The maximum Gasteiger partial charge on any atom is 0.265 e. The number of carbonyl (C=O) groups is 1. The third-order valence-corrected chi connectivity index (χ3v) is 7.37. The normalized spacial score (nSPS) is 15.7. The summed E-state index contributed by atoms with van der Waals surface area (Å²) in [4.78, 5) is 26.3. The number of hydrogen-bond donors (Lipinski definition) is 1. The fourth-order valence-corrected chi connectivity index (χ4v) is 5.09. The molecule has 0 bridgehead atoms. The molecule has 0 saturated heterocycles. The lowest BCUT2D eigenvalue weighted by Crippen LogP contribution is -2.37. The van der Waals surface area contributed by atoms with E-state index in [0.29, 0.717) is 22.5 Å². The van der Waals surface area contributed by atoms with Crippen LogP contribution in [-0.2, 0) is 6.54 Å². The standard InChI is InChI=1S/C25H33BrN2O2/c1-4-5-16-28-18(3)21(17(2)22(26)25(28)30)24(29)27-23(19-12-8-6-9-13-19)20-14-10-7-11-15-20/h6,8-9,12-13,20,23H,4-5,7,10-11,14-16H2,1-3H3,(H,27,29)/t23-/m1/s1. The van der Waals surface area contributed by atoms with E-state index in [1.165, 1.54) is 19.3 Å². The Morgan fingerprint density at radius 2 is 1.83 bits per heavy atom. The fourth-order valence-electron chi connectivity index (χ4n) is 4.68. The third-order valence-electron chi connectivity index (χ3n) is 6.43. The molecule has 2 aromatic rings. The number of aromatic nitrogens is 1. The minimum atomic E-state index is -0.0876. The molecular weight excluding hydrogens is 440 g/mol. The second-order valence-corrected chi connectivity index (χ2v) is 9.26. The van der Waals surface area contributed by atoms with Crippen LogP contribution in [-0.4, -0.2) is 10.5 Å². The van der Waals surface area contributed by atoms with Crippen LogP contribution in [0.1, 0.15) is 85.1 Å². The van der Waals surface area contributed by atoms with E-state index < -0.39 is 0 Å². The van der Waals surface area contributed by atoms with Crippen LogP contribution in [0.4, 0.5) is 0 Å².